The zero-order valence-corrected chi connectivity index (χ0v) is 18.0. The number of benzene rings is 1. The van der Waals surface area contributed by atoms with Crippen LogP contribution in [-0.4, -0.2) is 60.8 Å². The fourth-order valence-corrected chi connectivity index (χ4v) is 5.04. The molecule has 2 rings (SSSR count). The first-order chi connectivity index (χ1) is 13.2. The van der Waals surface area contributed by atoms with Crippen molar-refractivity contribution in [2.45, 2.75) is 51.7 Å². The standard InChI is InChI=1S/C19H26N2O7S/c1-12(17(22)20(5)14-8-9-29(26,27)11-14)28-18(23)13-6-7-15(19(2,3)4)16(10-13)21(24)25/h6-7,10,12,14H,8-9,11H2,1-5H3/t12-,14+/m0/s1. The second kappa shape index (κ2) is 8.10. The number of esters is 1. The molecule has 1 heterocycles. The highest BCUT2D eigenvalue weighted by molar-refractivity contribution is 7.91. The van der Waals surface area contributed by atoms with Crippen LogP contribution in [0.5, 0.6) is 0 Å². The van der Waals surface area contributed by atoms with Crippen molar-refractivity contribution in [3.63, 3.8) is 0 Å². The third kappa shape index (κ3) is 5.31. The van der Waals surface area contributed by atoms with E-state index < -0.39 is 44.2 Å². The Morgan fingerprint density at radius 2 is 1.93 bits per heavy atom. The highest BCUT2D eigenvalue weighted by Gasteiger charge is 2.35. The molecule has 0 radical (unpaired) electrons. The van der Waals surface area contributed by atoms with Crippen LogP contribution in [0.25, 0.3) is 0 Å². The van der Waals surface area contributed by atoms with Crippen LogP contribution in [0.3, 0.4) is 0 Å². The van der Waals surface area contributed by atoms with Gasteiger partial charge in [-0.3, -0.25) is 14.9 Å². The fourth-order valence-electron chi connectivity index (χ4n) is 3.27. The molecule has 0 saturated carbocycles. The maximum absolute atomic E-state index is 12.5. The quantitative estimate of drug-likeness (QED) is 0.401. The molecule has 1 aromatic carbocycles. The lowest BCUT2D eigenvalue weighted by molar-refractivity contribution is -0.386. The van der Waals surface area contributed by atoms with E-state index in [1.165, 1.54) is 31.0 Å². The maximum Gasteiger partial charge on any atom is 0.339 e. The van der Waals surface area contributed by atoms with Crippen molar-refractivity contribution in [1.82, 2.24) is 4.90 Å². The lowest BCUT2D eigenvalue weighted by Gasteiger charge is -2.26. The Morgan fingerprint density at radius 1 is 1.31 bits per heavy atom. The molecule has 0 unspecified atom stereocenters. The fraction of sp³-hybridized carbons (Fsp3) is 0.579. The second-order valence-electron chi connectivity index (χ2n) is 8.29. The van der Waals surface area contributed by atoms with Crippen molar-refractivity contribution in [1.29, 1.82) is 0 Å². The van der Waals surface area contributed by atoms with E-state index in [4.69, 9.17) is 4.74 Å². The molecule has 0 bridgehead atoms. The topological polar surface area (TPSA) is 124 Å². The van der Waals surface area contributed by atoms with Crippen LogP contribution in [0.2, 0.25) is 0 Å². The van der Waals surface area contributed by atoms with E-state index >= 15 is 0 Å². The van der Waals surface area contributed by atoms with Crippen molar-refractivity contribution in [3.8, 4) is 0 Å². The van der Waals surface area contributed by atoms with Gasteiger partial charge in [0.25, 0.3) is 11.6 Å². The number of likely N-dealkylation sites (N-methyl/N-ethyl adjacent to an activating group) is 1. The van der Waals surface area contributed by atoms with Gasteiger partial charge in [-0.25, -0.2) is 13.2 Å². The normalized spacial score (nSPS) is 19.4. The van der Waals surface area contributed by atoms with Crippen LogP contribution >= 0.6 is 0 Å². The van der Waals surface area contributed by atoms with Gasteiger partial charge in [-0.05, 0) is 24.8 Å². The maximum atomic E-state index is 12.5. The first-order valence-electron chi connectivity index (χ1n) is 9.20. The predicted molar refractivity (Wildman–Crippen MR) is 107 cm³/mol. The molecule has 0 spiro atoms. The molecule has 1 aromatic rings. The van der Waals surface area contributed by atoms with Gasteiger partial charge >= 0.3 is 5.97 Å². The second-order valence-corrected chi connectivity index (χ2v) is 10.5. The minimum Gasteiger partial charge on any atom is -0.449 e. The molecule has 160 valence electrons. The van der Waals surface area contributed by atoms with Gasteiger partial charge in [-0.15, -0.1) is 0 Å². The van der Waals surface area contributed by atoms with Crippen LogP contribution in [-0.2, 0) is 24.8 Å². The van der Waals surface area contributed by atoms with Gasteiger partial charge in [0.2, 0.25) is 0 Å². The van der Waals surface area contributed by atoms with Gasteiger partial charge < -0.3 is 9.64 Å². The summed E-state index contributed by atoms with van der Waals surface area (Å²) < 4.78 is 28.4. The number of hydrogen-bond acceptors (Lipinski definition) is 7. The van der Waals surface area contributed by atoms with E-state index in [1.54, 1.807) is 0 Å². The molecule has 1 saturated heterocycles. The molecule has 1 aliphatic rings. The minimum absolute atomic E-state index is 0.0211. The molecule has 9 nitrogen and oxygen atoms in total. The number of amides is 1. The third-order valence-corrected chi connectivity index (χ3v) is 6.72. The number of sulfone groups is 1. The highest BCUT2D eigenvalue weighted by Crippen LogP contribution is 2.32. The molecule has 29 heavy (non-hydrogen) atoms. The van der Waals surface area contributed by atoms with Gasteiger partial charge in [0.15, 0.2) is 15.9 Å². The van der Waals surface area contributed by atoms with E-state index in [-0.39, 0.29) is 22.8 Å². The summed E-state index contributed by atoms with van der Waals surface area (Å²) in [5, 5.41) is 11.4. The first kappa shape index (κ1) is 22.8. The van der Waals surface area contributed by atoms with E-state index in [2.05, 4.69) is 0 Å². The van der Waals surface area contributed by atoms with E-state index in [1.807, 2.05) is 20.8 Å². The molecule has 1 amide bonds. The molecular formula is C19H26N2O7S. The van der Waals surface area contributed by atoms with E-state index in [0.29, 0.717) is 12.0 Å². The minimum atomic E-state index is -3.16. The number of carbonyl (C=O) groups is 2. The Labute approximate surface area is 170 Å². The van der Waals surface area contributed by atoms with E-state index in [9.17, 15) is 28.1 Å². The van der Waals surface area contributed by atoms with Gasteiger partial charge in [-0.1, -0.05) is 26.8 Å². The lowest BCUT2D eigenvalue weighted by atomic mass is 9.85. The Hall–Kier alpha value is -2.49. The summed E-state index contributed by atoms with van der Waals surface area (Å²) in [5.41, 5.74) is -0.238. The number of hydrogen-bond donors (Lipinski definition) is 0. The van der Waals surface area contributed by atoms with Crippen molar-refractivity contribution in [2.24, 2.45) is 0 Å². The lowest BCUT2D eigenvalue weighted by Crippen LogP contribution is -2.44. The Kier molecular flexibility index (Phi) is 6.36. The molecule has 0 N–H and O–H groups in total. The number of rotatable bonds is 5. The molecule has 1 fully saturated rings. The number of ether oxygens (including phenoxy) is 1. The zero-order valence-electron chi connectivity index (χ0n) is 17.2. The zero-order chi connectivity index (χ0) is 22.1. The van der Waals surface area contributed by atoms with Crippen molar-refractivity contribution >= 4 is 27.4 Å². The summed E-state index contributed by atoms with van der Waals surface area (Å²) in [6, 6.07) is 3.63. The van der Waals surface area contributed by atoms with Crippen LogP contribution in [0.15, 0.2) is 18.2 Å². The van der Waals surface area contributed by atoms with Crippen molar-refractivity contribution in [2.75, 3.05) is 18.6 Å². The van der Waals surface area contributed by atoms with Gasteiger partial charge in [-0.2, -0.15) is 0 Å². The Balaban J connectivity index is 2.14. The number of nitrogens with zero attached hydrogens (tertiary/aromatic N) is 2. The first-order valence-corrected chi connectivity index (χ1v) is 11.0. The summed E-state index contributed by atoms with van der Waals surface area (Å²) in [5.74, 6) is -1.48. The SMILES string of the molecule is C[C@H](OC(=O)c1ccc(C(C)(C)C)c([N+](=O)[O-])c1)C(=O)N(C)[C@@H]1CCS(=O)(=O)C1. The smallest absolute Gasteiger partial charge is 0.339 e. The molecule has 0 aliphatic carbocycles. The molecular weight excluding hydrogens is 400 g/mol. The van der Waals surface area contributed by atoms with Crippen LogP contribution < -0.4 is 0 Å². The Bertz CT molecular complexity index is 934. The average Bonchev–Trinajstić information content (AvgIpc) is 2.98. The van der Waals surface area contributed by atoms with E-state index in [0.717, 1.165) is 6.07 Å². The van der Waals surface area contributed by atoms with Crippen LogP contribution in [0.1, 0.15) is 50.0 Å². The third-order valence-electron chi connectivity index (χ3n) is 4.97. The van der Waals surface area contributed by atoms with Crippen LogP contribution in [0, 0.1) is 10.1 Å². The van der Waals surface area contributed by atoms with Gasteiger partial charge in [0, 0.05) is 24.7 Å². The largest absolute Gasteiger partial charge is 0.449 e. The average molecular weight is 426 g/mol. The number of nitro benzene ring substituents is 1. The predicted octanol–water partition coefficient (Wildman–Crippen LogP) is 2.08. The molecule has 1 aliphatic heterocycles. The number of nitro groups is 1. The monoisotopic (exact) mass is 426 g/mol. The Morgan fingerprint density at radius 3 is 2.41 bits per heavy atom. The summed E-state index contributed by atoms with van der Waals surface area (Å²) in [4.78, 5) is 37.1. The summed E-state index contributed by atoms with van der Waals surface area (Å²) in [6.45, 7) is 6.87. The molecule has 2 atom stereocenters. The summed E-state index contributed by atoms with van der Waals surface area (Å²) in [6.07, 6.45) is -0.816. The summed E-state index contributed by atoms with van der Waals surface area (Å²) >= 11 is 0. The molecule has 10 heteroatoms. The van der Waals surface area contributed by atoms with Gasteiger partial charge in [0.1, 0.15) is 0 Å². The van der Waals surface area contributed by atoms with Crippen LogP contribution in [0.4, 0.5) is 5.69 Å². The summed E-state index contributed by atoms with van der Waals surface area (Å²) in [7, 11) is -1.69. The highest BCUT2D eigenvalue weighted by atomic mass is 32.2. The van der Waals surface area contributed by atoms with Crippen molar-refractivity contribution < 1.29 is 27.7 Å². The van der Waals surface area contributed by atoms with Gasteiger partial charge in [0.05, 0.1) is 22.0 Å². The molecule has 0 aromatic heterocycles. The number of carbonyl (C=O) groups excluding carboxylic acids is 2. The van der Waals surface area contributed by atoms with Crippen molar-refractivity contribution in [3.05, 3.63) is 39.4 Å².